The molecule has 0 aliphatic carbocycles. The predicted octanol–water partition coefficient (Wildman–Crippen LogP) is 4.37. The summed E-state index contributed by atoms with van der Waals surface area (Å²) < 4.78 is 42.4. The summed E-state index contributed by atoms with van der Waals surface area (Å²) in [5.74, 6) is -3.33. The van der Waals surface area contributed by atoms with Gasteiger partial charge in [-0.3, -0.25) is 4.79 Å². The van der Waals surface area contributed by atoms with Crippen LogP contribution in [0.3, 0.4) is 0 Å². The molecule has 2 aromatic carbocycles. The van der Waals surface area contributed by atoms with Gasteiger partial charge in [-0.15, -0.1) is 0 Å². The third-order valence-corrected chi connectivity index (χ3v) is 4.84. The van der Waals surface area contributed by atoms with Gasteiger partial charge in [0.25, 0.3) is 5.91 Å². The Balaban J connectivity index is 1.78. The lowest BCUT2D eigenvalue weighted by Crippen LogP contribution is -2.60. The number of likely N-dealkylation sites (tertiary alicyclic amines) is 1. The van der Waals surface area contributed by atoms with Crippen LogP contribution in [0.1, 0.15) is 35.7 Å². The highest BCUT2D eigenvalue weighted by Gasteiger charge is 2.32. The summed E-state index contributed by atoms with van der Waals surface area (Å²) in [6.45, 7) is 5.71. The number of unbranched alkanes of at least 4 members (excludes halogenated alkanes) is 1. The summed E-state index contributed by atoms with van der Waals surface area (Å²) >= 11 is 0. The number of halogens is 3. The molecule has 1 aliphatic heterocycles. The van der Waals surface area contributed by atoms with Gasteiger partial charge in [-0.25, -0.2) is 13.2 Å². The Hall–Kier alpha value is -2.54. The van der Waals surface area contributed by atoms with Crippen molar-refractivity contribution in [2.45, 2.75) is 32.7 Å². The maximum Gasteiger partial charge on any atom is 0.256 e. The number of carbonyl (C=O) groups excluding carboxylic acids is 1. The molecule has 0 unspecified atom stereocenters. The van der Waals surface area contributed by atoms with Gasteiger partial charge < -0.3 is 15.5 Å². The molecule has 0 atom stereocenters. The molecule has 3 rings (SSSR count). The number of aryl methyl sites for hydroxylation is 1. The van der Waals surface area contributed by atoms with Gasteiger partial charge in [0.2, 0.25) is 0 Å². The molecule has 2 N–H and O–H groups in total. The summed E-state index contributed by atoms with van der Waals surface area (Å²) in [4.78, 5) is 14.4. The van der Waals surface area contributed by atoms with Crippen LogP contribution in [0.5, 0.6) is 0 Å². The van der Waals surface area contributed by atoms with E-state index in [-0.39, 0.29) is 23.0 Å². The molecule has 7 heteroatoms. The SMILES string of the molecule is CCCCNC1CN(C(=O)c2ccc(F)c(F)c2Nc2ccc(C)cc2F)C1. The molecule has 150 valence electrons. The van der Waals surface area contributed by atoms with E-state index < -0.39 is 23.4 Å². The van der Waals surface area contributed by atoms with Crippen molar-refractivity contribution >= 4 is 17.3 Å². The fourth-order valence-electron chi connectivity index (χ4n) is 3.13. The van der Waals surface area contributed by atoms with Gasteiger partial charge in [0.05, 0.1) is 16.9 Å². The molecule has 28 heavy (non-hydrogen) atoms. The summed E-state index contributed by atoms with van der Waals surface area (Å²) in [5, 5.41) is 5.91. The van der Waals surface area contributed by atoms with E-state index in [4.69, 9.17) is 0 Å². The summed E-state index contributed by atoms with van der Waals surface area (Å²) in [6.07, 6.45) is 2.14. The smallest absolute Gasteiger partial charge is 0.256 e. The average Bonchev–Trinajstić information content (AvgIpc) is 2.62. The summed E-state index contributed by atoms with van der Waals surface area (Å²) in [6, 6.07) is 6.70. The van der Waals surface area contributed by atoms with Crippen molar-refractivity contribution < 1.29 is 18.0 Å². The lowest BCUT2D eigenvalue weighted by atomic mass is 10.0. The largest absolute Gasteiger partial charge is 0.350 e. The Labute approximate surface area is 162 Å². The van der Waals surface area contributed by atoms with Crippen LogP contribution in [0.15, 0.2) is 30.3 Å². The third-order valence-electron chi connectivity index (χ3n) is 4.84. The number of rotatable bonds is 7. The standard InChI is InChI=1S/C21H24F3N3O/c1-3-4-9-25-14-11-27(12-14)21(28)15-6-7-16(22)19(24)20(15)26-18-8-5-13(2)10-17(18)23/h5-8,10,14,25-26H,3-4,9,11-12H2,1-2H3. The van der Waals surface area contributed by atoms with Crippen molar-refractivity contribution in [1.29, 1.82) is 0 Å². The number of amides is 1. The first kappa shape index (κ1) is 20.2. The maximum atomic E-state index is 14.4. The Morgan fingerprint density at radius 1 is 1.14 bits per heavy atom. The number of carbonyl (C=O) groups is 1. The van der Waals surface area contributed by atoms with Crippen LogP contribution in [-0.2, 0) is 0 Å². The molecule has 0 radical (unpaired) electrons. The van der Waals surface area contributed by atoms with E-state index in [0.29, 0.717) is 18.7 Å². The number of hydrogen-bond donors (Lipinski definition) is 2. The molecule has 1 heterocycles. The highest BCUT2D eigenvalue weighted by molar-refractivity contribution is 6.01. The topological polar surface area (TPSA) is 44.4 Å². The minimum atomic E-state index is -1.20. The molecule has 2 aromatic rings. The number of anilines is 2. The lowest BCUT2D eigenvalue weighted by Gasteiger charge is -2.40. The van der Waals surface area contributed by atoms with E-state index in [9.17, 15) is 18.0 Å². The van der Waals surface area contributed by atoms with Crippen molar-refractivity contribution in [2.24, 2.45) is 0 Å². The minimum absolute atomic E-state index is 0.0214. The third kappa shape index (κ3) is 4.30. The molecule has 0 bridgehead atoms. The zero-order chi connectivity index (χ0) is 20.3. The van der Waals surface area contributed by atoms with Crippen LogP contribution < -0.4 is 10.6 Å². The molecule has 1 saturated heterocycles. The van der Waals surface area contributed by atoms with Gasteiger partial charge >= 0.3 is 0 Å². The molecular weight excluding hydrogens is 367 g/mol. The first-order valence-corrected chi connectivity index (χ1v) is 9.44. The Morgan fingerprint density at radius 3 is 2.57 bits per heavy atom. The van der Waals surface area contributed by atoms with Gasteiger partial charge in [0, 0.05) is 19.1 Å². The van der Waals surface area contributed by atoms with Gasteiger partial charge in [0.1, 0.15) is 5.82 Å². The first-order chi connectivity index (χ1) is 13.4. The number of hydrogen-bond acceptors (Lipinski definition) is 3. The maximum absolute atomic E-state index is 14.4. The Morgan fingerprint density at radius 2 is 1.89 bits per heavy atom. The molecular formula is C21H24F3N3O. The van der Waals surface area contributed by atoms with Crippen molar-refractivity contribution in [3.63, 3.8) is 0 Å². The first-order valence-electron chi connectivity index (χ1n) is 9.44. The zero-order valence-electron chi connectivity index (χ0n) is 16.0. The molecule has 1 aliphatic rings. The van der Waals surface area contributed by atoms with Gasteiger partial charge in [-0.2, -0.15) is 0 Å². The Kier molecular flexibility index (Phi) is 6.24. The van der Waals surface area contributed by atoms with Crippen LogP contribution >= 0.6 is 0 Å². The van der Waals surface area contributed by atoms with Crippen LogP contribution in [-0.4, -0.2) is 36.5 Å². The minimum Gasteiger partial charge on any atom is -0.350 e. The molecule has 0 aromatic heterocycles. The highest BCUT2D eigenvalue weighted by atomic mass is 19.2. The van der Waals surface area contributed by atoms with Crippen molar-refractivity contribution in [3.05, 3.63) is 58.9 Å². The molecule has 0 saturated carbocycles. The second kappa shape index (κ2) is 8.65. The predicted molar refractivity (Wildman–Crippen MR) is 103 cm³/mol. The summed E-state index contributed by atoms with van der Waals surface area (Å²) in [7, 11) is 0. The second-order valence-electron chi connectivity index (χ2n) is 7.11. The quantitative estimate of drug-likeness (QED) is 0.689. The number of benzene rings is 2. The van der Waals surface area contributed by atoms with E-state index in [1.807, 2.05) is 0 Å². The fourth-order valence-corrected chi connectivity index (χ4v) is 3.13. The Bertz CT molecular complexity index is 866. The van der Waals surface area contributed by atoms with Crippen LogP contribution in [0.25, 0.3) is 0 Å². The van der Waals surface area contributed by atoms with Crippen molar-refractivity contribution in [2.75, 3.05) is 25.0 Å². The molecule has 4 nitrogen and oxygen atoms in total. The summed E-state index contributed by atoms with van der Waals surface area (Å²) in [5.41, 5.74) is 0.300. The van der Waals surface area contributed by atoms with Crippen molar-refractivity contribution in [3.8, 4) is 0 Å². The molecule has 0 spiro atoms. The normalized spacial score (nSPS) is 14.1. The lowest BCUT2D eigenvalue weighted by molar-refractivity contribution is 0.0568. The highest BCUT2D eigenvalue weighted by Crippen LogP contribution is 2.30. The van der Waals surface area contributed by atoms with E-state index in [2.05, 4.69) is 17.6 Å². The number of nitrogens with zero attached hydrogens (tertiary/aromatic N) is 1. The van der Waals surface area contributed by atoms with E-state index in [1.54, 1.807) is 17.9 Å². The van der Waals surface area contributed by atoms with E-state index in [1.165, 1.54) is 18.2 Å². The molecule has 1 amide bonds. The fraction of sp³-hybridized carbons (Fsp3) is 0.381. The average molecular weight is 391 g/mol. The molecule has 1 fully saturated rings. The van der Waals surface area contributed by atoms with Crippen LogP contribution in [0.4, 0.5) is 24.5 Å². The second-order valence-corrected chi connectivity index (χ2v) is 7.11. The zero-order valence-corrected chi connectivity index (χ0v) is 16.0. The van der Waals surface area contributed by atoms with Crippen LogP contribution in [0, 0.1) is 24.4 Å². The van der Waals surface area contributed by atoms with Crippen LogP contribution in [0.2, 0.25) is 0 Å². The van der Waals surface area contributed by atoms with Gasteiger partial charge in [-0.1, -0.05) is 19.4 Å². The number of nitrogens with one attached hydrogen (secondary N) is 2. The van der Waals surface area contributed by atoms with Crippen molar-refractivity contribution in [1.82, 2.24) is 10.2 Å². The van der Waals surface area contributed by atoms with E-state index in [0.717, 1.165) is 25.5 Å². The monoisotopic (exact) mass is 391 g/mol. The van der Waals surface area contributed by atoms with Gasteiger partial charge in [-0.05, 0) is 49.7 Å². The van der Waals surface area contributed by atoms with E-state index >= 15 is 0 Å². The van der Waals surface area contributed by atoms with Gasteiger partial charge in [0.15, 0.2) is 11.6 Å².